The van der Waals surface area contributed by atoms with E-state index in [1.807, 2.05) is 0 Å². The van der Waals surface area contributed by atoms with Crippen molar-refractivity contribution >= 4 is 10.2 Å². The van der Waals surface area contributed by atoms with Gasteiger partial charge in [0.25, 0.3) is 10.2 Å². The monoisotopic (exact) mass is 344 g/mol. The van der Waals surface area contributed by atoms with E-state index < -0.39 is 10.2 Å². The van der Waals surface area contributed by atoms with E-state index in [0.717, 1.165) is 51.9 Å². The van der Waals surface area contributed by atoms with Crippen molar-refractivity contribution in [3.8, 4) is 0 Å². The van der Waals surface area contributed by atoms with Crippen LogP contribution in [-0.2, 0) is 10.2 Å². The molecule has 134 valence electrons. The maximum absolute atomic E-state index is 12.7. The third-order valence-corrected chi connectivity index (χ3v) is 7.61. The van der Waals surface area contributed by atoms with Gasteiger partial charge in [-0.1, -0.05) is 12.8 Å². The Bertz CT molecular complexity index is 474. The summed E-state index contributed by atoms with van der Waals surface area (Å²) in [7, 11) is -3.21. The van der Waals surface area contributed by atoms with E-state index in [1.165, 1.54) is 0 Å². The standard InChI is InChI=1S/C16H32N4O2S/c1-15(2)17-9-11-18(12-10-17)16-13-20(14-16)23(21,22)19-7-5-3-4-6-8-19/h15-16H,3-14H2,1-2H3. The first-order valence-corrected chi connectivity index (χ1v) is 10.6. The van der Waals surface area contributed by atoms with Crippen LogP contribution in [0, 0.1) is 0 Å². The van der Waals surface area contributed by atoms with Gasteiger partial charge in [0.15, 0.2) is 0 Å². The summed E-state index contributed by atoms with van der Waals surface area (Å²) in [6, 6.07) is 1.03. The van der Waals surface area contributed by atoms with Gasteiger partial charge in [0, 0.05) is 64.4 Å². The van der Waals surface area contributed by atoms with Gasteiger partial charge in [-0.25, -0.2) is 0 Å². The lowest BCUT2D eigenvalue weighted by Crippen LogP contribution is -2.66. The minimum atomic E-state index is -3.21. The highest BCUT2D eigenvalue weighted by Gasteiger charge is 2.42. The Balaban J connectivity index is 1.48. The Morgan fingerprint density at radius 2 is 1.35 bits per heavy atom. The predicted molar refractivity (Wildman–Crippen MR) is 92.6 cm³/mol. The molecule has 0 unspecified atom stereocenters. The fourth-order valence-electron chi connectivity index (χ4n) is 3.89. The third-order valence-electron chi connectivity index (χ3n) is 5.64. The summed E-state index contributed by atoms with van der Waals surface area (Å²) in [5.74, 6) is 0. The van der Waals surface area contributed by atoms with E-state index in [1.54, 1.807) is 8.61 Å². The number of piperazine rings is 1. The number of nitrogens with zero attached hydrogens (tertiary/aromatic N) is 4. The molecule has 3 fully saturated rings. The number of hydrogen-bond donors (Lipinski definition) is 0. The van der Waals surface area contributed by atoms with Crippen molar-refractivity contribution in [2.45, 2.75) is 51.6 Å². The van der Waals surface area contributed by atoms with Crippen molar-refractivity contribution < 1.29 is 8.42 Å². The number of rotatable bonds is 4. The lowest BCUT2D eigenvalue weighted by molar-refractivity contribution is 0.0296. The molecule has 3 rings (SSSR count). The fraction of sp³-hybridized carbons (Fsp3) is 1.00. The van der Waals surface area contributed by atoms with Gasteiger partial charge >= 0.3 is 0 Å². The minimum Gasteiger partial charge on any atom is -0.298 e. The highest BCUT2D eigenvalue weighted by Crippen LogP contribution is 2.24. The molecule has 3 saturated heterocycles. The second-order valence-electron chi connectivity index (χ2n) is 7.46. The van der Waals surface area contributed by atoms with Gasteiger partial charge < -0.3 is 0 Å². The quantitative estimate of drug-likeness (QED) is 0.757. The van der Waals surface area contributed by atoms with Crippen LogP contribution in [0.4, 0.5) is 0 Å². The fourth-order valence-corrected chi connectivity index (χ4v) is 5.66. The van der Waals surface area contributed by atoms with Crippen LogP contribution in [0.3, 0.4) is 0 Å². The van der Waals surface area contributed by atoms with Crippen molar-refractivity contribution in [2.24, 2.45) is 0 Å². The average Bonchev–Trinajstić information content (AvgIpc) is 2.75. The summed E-state index contributed by atoms with van der Waals surface area (Å²) in [5.41, 5.74) is 0. The SMILES string of the molecule is CC(C)N1CCN(C2CN(S(=O)(=O)N3CCCCCC3)C2)CC1. The molecule has 0 spiro atoms. The van der Waals surface area contributed by atoms with E-state index in [0.29, 0.717) is 38.3 Å². The lowest BCUT2D eigenvalue weighted by Gasteiger charge is -2.48. The Labute approximate surface area is 141 Å². The normalized spacial score (nSPS) is 28.0. The summed E-state index contributed by atoms with van der Waals surface area (Å²) >= 11 is 0. The molecule has 3 aliphatic heterocycles. The molecule has 0 bridgehead atoms. The first-order valence-electron chi connectivity index (χ1n) is 9.22. The zero-order chi connectivity index (χ0) is 16.4. The first kappa shape index (κ1) is 17.6. The predicted octanol–water partition coefficient (Wildman–Crippen LogP) is 0.817. The molecular formula is C16H32N4O2S. The zero-order valence-corrected chi connectivity index (χ0v) is 15.5. The van der Waals surface area contributed by atoms with Crippen molar-refractivity contribution in [1.29, 1.82) is 0 Å². The highest BCUT2D eigenvalue weighted by atomic mass is 32.2. The Kier molecular flexibility index (Phi) is 5.63. The van der Waals surface area contributed by atoms with E-state index >= 15 is 0 Å². The minimum absolute atomic E-state index is 0.422. The lowest BCUT2D eigenvalue weighted by atomic mass is 10.1. The van der Waals surface area contributed by atoms with Crippen LogP contribution in [0.15, 0.2) is 0 Å². The van der Waals surface area contributed by atoms with Crippen molar-refractivity contribution in [2.75, 3.05) is 52.4 Å². The molecule has 0 aromatic heterocycles. The second kappa shape index (κ2) is 7.35. The van der Waals surface area contributed by atoms with Gasteiger partial charge in [-0.15, -0.1) is 0 Å². The van der Waals surface area contributed by atoms with Gasteiger partial charge in [0.2, 0.25) is 0 Å². The molecule has 0 aliphatic carbocycles. The molecule has 0 saturated carbocycles. The van der Waals surface area contributed by atoms with E-state index in [2.05, 4.69) is 23.6 Å². The van der Waals surface area contributed by atoms with Crippen molar-refractivity contribution in [3.05, 3.63) is 0 Å². The van der Waals surface area contributed by atoms with E-state index in [4.69, 9.17) is 0 Å². The average molecular weight is 345 g/mol. The molecule has 23 heavy (non-hydrogen) atoms. The maximum atomic E-state index is 12.7. The molecular weight excluding hydrogens is 312 g/mol. The summed E-state index contributed by atoms with van der Waals surface area (Å²) in [6.45, 7) is 11.6. The van der Waals surface area contributed by atoms with Crippen LogP contribution in [0.1, 0.15) is 39.5 Å². The van der Waals surface area contributed by atoms with Crippen LogP contribution >= 0.6 is 0 Å². The van der Waals surface area contributed by atoms with E-state index in [-0.39, 0.29) is 0 Å². The molecule has 0 radical (unpaired) electrons. The van der Waals surface area contributed by atoms with Crippen LogP contribution in [-0.4, -0.2) is 91.3 Å². The maximum Gasteiger partial charge on any atom is 0.282 e. The van der Waals surface area contributed by atoms with E-state index in [9.17, 15) is 8.42 Å². The topological polar surface area (TPSA) is 47.1 Å². The van der Waals surface area contributed by atoms with Crippen LogP contribution in [0.5, 0.6) is 0 Å². The van der Waals surface area contributed by atoms with Gasteiger partial charge in [0.05, 0.1) is 0 Å². The molecule has 3 aliphatic rings. The summed E-state index contributed by atoms with van der Waals surface area (Å²) in [6.07, 6.45) is 4.34. The largest absolute Gasteiger partial charge is 0.298 e. The summed E-state index contributed by atoms with van der Waals surface area (Å²) < 4.78 is 28.8. The van der Waals surface area contributed by atoms with Crippen molar-refractivity contribution in [1.82, 2.24) is 18.4 Å². The molecule has 0 atom stereocenters. The van der Waals surface area contributed by atoms with Crippen LogP contribution in [0.2, 0.25) is 0 Å². The molecule has 0 aromatic carbocycles. The van der Waals surface area contributed by atoms with Gasteiger partial charge in [-0.2, -0.15) is 17.0 Å². The summed E-state index contributed by atoms with van der Waals surface area (Å²) in [4.78, 5) is 4.98. The second-order valence-corrected chi connectivity index (χ2v) is 9.39. The third kappa shape index (κ3) is 3.90. The van der Waals surface area contributed by atoms with Crippen molar-refractivity contribution in [3.63, 3.8) is 0 Å². The Hall–Kier alpha value is -0.210. The highest BCUT2D eigenvalue weighted by molar-refractivity contribution is 7.86. The molecule has 0 amide bonds. The molecule has 7 heteroatoms. The summed E-state index contributed by atoms with van der Waals surface area (Å²) in [5, 5.41) is 0. The Morgan fingerprint density at radius 1 is 0.783 bits per heavy atom. The van der Waals surface area contributed by atoms with Gasteiger partial charge in [-0.05, 0) is 26.7 Å². The smallest absolute Gasteiger partial charge is 0.282 e. The molecule has 3 heterocycles. The zero-order valence-electron chi connectivity index (χ0n) is 14.7. The van der Waals surface area contributed by atoms with Crippen LogP contribution < -0.4 is 0 Å². The molecule has 6 nitrogen and oxygen atoms in total. The van der Waals surface area contributed by atoms with Crippen LogP contribution in [0.25, 0.3) is 0 Å². The Morgan fingerprint density at radius 3 is 1.87 bits per heavy atom. The number of hydrogen-bond acceptors (Lipinski definition) is 4. The first-order chi connectivity index (χ1) is 11.0. The molecule has 0 N–H and O–H groups in total. The molecule has 0 aromatic rings. The van der Waals surface area contributed by atoms with Gasteiger partial charge in [-0.3, -0.25) is 9.80 Å². The van der Waals surface area contributed by atoms with Gasteiger partial charge in [0.1, 0.15) is 0 Å².